The highest BCUT2D eigenvalue weighted by molar-refractivity contribution is 7.99. The lowest BCUT2D eigenvalue weighted by Crippen LogP contribution is -2.15. The molecule has 2 N–H and O–H groups in total. The highest BCUT2D eigenvalue weighted by Gasteiger charge is 2.17. The van der Waals surface area contributed by atoms with Crippen LogP contribution in [0.4, 0.5) is 5.13 Å². The van der Waals surface area contributed by atoms with Crippen LogP contribution in [0.15, 0.2) is 45.7 Å². The van der Waals surface area contributed by atoms with E-state index < -0.39 is 0 Å². The van der Waals surface area contributed by atoms with Crippen molar-refractivity contribution in [1.29, 1.82) is 0 Å². The van der Waals surface area contributed by atoms with Gasteiger partial charge in [-0.25, -0.2) is 9.97 Å². The summed E-state index contributed by atoms with van der Waals surface area (Å²) in [6.07, 6.45) is 0. The van der Waals surface area contributed by atoms with Gasteiger partial charge in [0, 0.05) is 15.8 Å². The summed E-state index contributed by atoms with van der Waals surface area (Å²) in [5.41, 5.74) is 2.60. The zero-order valence-electron chi connectivity index (χ0n) is 15.1. The van der Waals surface area contributed by atoms with E-state index in [0.29, 0.717) is 20.5 Å². The molecule has 6 nitrogen and oxygen atoms in total. The van der Waals surface area contributed by atoms with Crippen LogP contribution >= 0.6 is 34.4 Å². The Hall–Kier alpha value is -2.49. The molecule has 142 valence electrons. The van der Waals surface area contributed by atoms with Gasteiger partial charge < -0.3 is 10.3 Å². The number of amides is 1. The van der Waals surface area contributed by atoms with Crippen LogP contribution in [-0.4, -0.2) is 26.6 Å². The summed E-state index contributed by atoms with van der Waals surface area (Å²) in [5.74, 6) is -0.0439. The lowest BCUT2D eigenvalue weighted by Gasteiger charge is -2.03. The lowest BCUT2D eigenvalue weighted by molar-refractivity contribution is -0.113. The molecule has 0 saturated carbocycles. The third-order valence-corrected chi connectivity index (χ3v) is 6.73. The van der Waals surface area contributed by atoms with Gasteiger partial charge in [-0.2, -0.15) is 0 Å². The van der Waals surface area contributed by atoms with E-state index in [2.05, 4.69) is 20.3 Å². The molecule has 0 atom stereocenters. The number of hydrogen-bond acceptors (Lipinski definition) is 7. The van der Waals surface area contributed by atoms with Gasteiger partial charge >= 0.3 is 0 Å². The molecule has 1 amide bonds. The number of nitrogens with zero attached hydrogens (tertiary/aromatic N) is 2. The van der Waals surface area contributed by atoms with Crippen molar-refractivity contribution in [1.82, 2.24) is 15.0 Å². The van der Waals surface area contributed by atoms with Crippen molar-refractivity contribution in [3.8, 4) is 11.1 Å². The van der Waals surface area contributed by atoms with Crippen molar-refractivity contribution >= 4 is 55.7 Å². The Balaban J connectivity index is 1.57. The van der Waals surface area contributed by atoms with Crippen LogP contribution in [0, 0.1) is 13.8 Å². The molecule has 0 unspecified atom stereocenters. The Morgan fingerprint density at radius 1 is 1.21 bits per heavy atom. The summed E-state index contributed by atoms with van der Waals surface area (Å²) < 4.78 is 0. The summed E-state index contributed by atoms with van der Waals surface area (Å²) in [4.78, 5) is 38.1. The predicted molar refractivity (Wildman–Crippen MR) is 117 cm³/mol. The predicted octanol–water partition coefficient (Wildman–Crippen LogP) is 4.46. The van der Waals surface area contributed by atoms with Gasteiger partial charge in [-0.15, -0.1) is 22.7 Å². The van der Waals surface area contributed by atoms with Gasteiger partial charge in [0.1, 0.15) is 4.83 Å². The maximum Gasteiger partial charge on any atom is 0.260 e. The van der Waals surface area contributed by atoms with Gasteiger partial charge in [-0.05, 0) is 19.4 Å². The van der Waals surface area contributed by atoms with Crippen LogP contribution in [0.1, 0.15) is 10.6 Å². The third kappa shape index (κ3) is 3.87. The minimum Gasteiger partial charge on any atom is -0.301 e. The first-order chi connectivity index (χ1) is 13.5. The molecule has 4 rings (SSSR count). The Morgan fingerprint density at radius 2 is 2.00 bits per heavy atom. The molecule has 28 heavy (non-hydrogen) atoms. The number of aryl methyl sites for hydroxylation is 2. The van der Waals surface area contributed by atoms with E-state index in [4.69, 9.17) is 0 Å². The molecule has 9 heteroatoms. The second-order valence-corrected chi connectivity index (χ2v) is 9.11. The zero-order chi connectivity index (χ0) is 19.7. The minimum absolute atomic E-state index is 0.142. The highest BCUT2D eigenvalue weighted by Crippen LogP contribution is 2.35. The number of thiazole rings is 1. The number of nitrogens with one attached hydrogen (secondary N) is 2. The Bertz CT molecular complexity index is 1210. The summed E-state index contributed by atoms with van der Waals surface area (Å²) in [6.45, 7) is 3.86. The van der Waals surface area contributed by atoms with Crippen LogP contribution in [0.25, 0.3) is 21.3 Å². The number of anilines is 1. The normalized spacial score (nSPS) is 11.1. The monoisotopic (exact) mass is 428 g/mol. The number of carbonyl (C=O) groups excluding carboxylic acids is 1. The number of hydrogen-bond donors (Lipinski definition) is 2. The molecule has 3 heterocycles. The van der Waals surface area contributed by atoms with Crippen LogP contribution in [0.5, 0.6) is 0 Å². The van der Waals surface area contributed by atoms with Crippen molar-refractivity contribution in [3.05, 3.63) is 56.6 Å². The van der Waals surface area contributed by atoms with Crippen molar-refractivity contribution in [2.45, 2.75) is 19.0 Å². The van der Waals surface area contributed by atoms with Crippen LogP contribution in [0.3, 0.4) is 0 Å². The van der Waals surface area contributed by atoms with E-state index in [0.717, 1.165) is 21.7 Å². The topological polar surface area (TPSA) is 87.7 Å². The lowest BCUT2D eigenvalue weighted by atomic mass is 10.0. The molecule has 0 bridgehead atoms. The first-order valence-corrected chi connectivity index (χ1v) is 11.1. The van der Waals surface area contributed by atoms with E-state index in [1.165, 1.54) is 34.4 Å². The number of H-pyrrole nitrogens is 1. The number of thiophene rings is 1. The molecule has 0 aliphatic rings. The van der Waals surface area contributed by atoms with E-state index in [9.17, 15) is 9.59 Å². The fraction of sp³-hybridized carbons (Fsp3) is 0.158. The molecule has 0 radical (unpaired) electrons. The van der Waals surface area contributed by atoms with E-state index >= 15 is 0 Å². The van der Waals surface area contributed by atoms with Gasteiger partial charge in [0.15, 0.2) is 10.3 Å². The van der Waals surface area contributed by atoms with E-state index in [1.54, 1.807) is 0 Å². The average molecular weight is 429 g/mol. The molecular weight excluding hydrogens is 412 g/mol. The SMILES string of the molecule is Cc1csc(NC(=O)CSc2nc3sc(C)c(-c4ccccc4)c3c(=O)[nH]2)n1. The summed E-state index contributed by atoms with van der Waals surface area (Å²) in [6, 6.07) is 9.82. The van der Waals surface area contributed by atoms with Gasteiger partial charge in [0.2, 0.25) is 5.91 Å². The zero-order valence-corrected chi connectivity index (χ0v) is 17.6. The Morgan fingerprint density at radius 3 is 2.71 bits per heavy atom. The smallest absolute Gasteiger partial charge is 0.260 e. The van der Waals surface area contributed by atoms with Gasteiger partial charge in [-0.1, -0.05) is 42.1 Å². The summed E-state index contributed by atoms with van der Waals surface area (Å²) >= 11 is 4.07. The largest absolute Gasteiger partial charge is 0.301 e. The number of thioether (sulfide) groups is 1. The molecule has 0 aliphatic heterocycles. The Kier molecular flexibility index (Phi) is 5.29. The number of fused-ring (bicyclic) bond motifs is 1. The average Bonchev–Trinajstić information content (AvgIpc) is 3.23. The molecule has 1 aromatic carbocycles. The molecule has 0 aliphatic carbocycles. The second kappa shape index (κ2) is 7.86. The first kappa shape index (κ1) is 18.9. The van der Waals surface area contributed by atoms with E-state index in [1.807, 2.05) is 49.6 Å². The molecule has 0 fully saturated rings. The van der Waals surface area contributed by atoms with Gasteiger partial charge in [0.05, 0.1) is 16.8 Å². The van der Waals surface area contributed by atoms with Crippen molar-refractivity contribution < 1.29 is 4.79 Å². The molecule has 4 aromatic rings. The molecule has 0 saturated heterocycles. The number of aromatic nitrogens is 3. The maximum atomic E-state index is 12.7. The van der Waals surface area contributed by atoms with Crippen LogP contribution in [-0.2, 0) is 4.79 Å². The van der Waals surface area contributed by atoms with E-state index in [-0.39, 0.29) is 17.2 Å². The Labute approximate surface area is 173 Å². The number of benzene rings is 1. The molecule has 0 spiro atoms. The summed E-state index contributed by atoms with van der Waals surface area (Å²) in [7, 11) is 0. The number of carbonyl (C=O) groups is 1. The second-order valence-electron chi connectivity index (χ2n) is 6.08. The third-order valence-electron chi connectivity index (χ3n) is 3.98. The van der Waals surface area contributed by atoms with Crippen LogP contribution < -0.4 is 10.9 Å². The summed E-state index contributed by atoms with van der Waals surface area (Å²) in [5, 5.41) is 6.23. The quantitative estimate of drug-likeness (QED) is 0.362. The van der Waals surface area contributed by atoms with Crippen molar-refractivity contribution in [3.63, 3.8) is 0 Å². The standard InChI is InChI=1S/C19H16N4O2S3/c1-10-8-26-18(20-10)21-13(24)9-27-19-22-16(25)15-14(11(2)28-17(15)23-19)12-6-4-3-5-7-12/h3-8H,9H2,1-2H3,(H,20,21,24)(H,22,23,25). The number of aromatic amines is 1. The van der Waals surface area contributed by atoms with Gasteiger partial charge in [-0.3, -0.25) is 9.59 Å². The molecule has 3 aromatic heterocycles. The fourth-order valence-electron chi connectivity index (χ4n) is 2.82. The van der Waals surface area contributed by atoms with Crippen molar-refractivity contribution in [2.75, 3.05) is 11.1 Å². The fourth-order valence-corrected chi connectivity index (χ4v) is 5.29. The first-order valence-electron chi connectivity index (χ1n) is 8.45. The number of rotatable bonds is 5. The minimum atomic E-state index is -0.188. The van der Waals surface area contributed by atoms with Crippen LogP contribution in [0.2, 0.25) is 0 Å². The molecular formula is C19H16N4O2S3. The maximum absolute atomic E-state index is 12.7. The van der Waals surface area contributed by atoms with Gasteiger partial charge in [0.25, 0.3) is 5.56 Å². The highest BCUT2D eigenvalue weighted by atomic mass is 32.2. The van der Waals surface area contributed by atoms with Crippen molar-refractivity contribution in [2.24, 2.45) is 0 Å².